The van der Waals surface area contributed by atoms with E-state index in [1.807, 2.05) is 17.5 Å². The van der Waals surface area contributed by atoms with Crippen LogP contribution in [0.1, 0.15) is 21.5 Å². The zero-order valence-corrected chi connectivity index (χ0v) is 15.2. The average molecular weight is 388 g/mol. The number of nitriles is 1. The summed E-state index contributed by atoms with van der Waals surface area (Å²) in [5.41, 5.74) is 3.46. The van der Waals surface area contributed by atoms with Crippen LogP contribution in [0.15, 0.2) is 47.8 Å². The molecule has 0 aliphatic carbocycles. The number of rotatable bonds is 5. The lowest BCUT2D eigenvalue weighted by Crippen LogP contribution is -1.96. The summed E-state index contributed by atoms with van der Waals surface area (Å²) in [5.74, 6) is 0. The Kier molecular flexibility index (Phi) is 5.40. The van der Waals surface area contributed by atoms with Crippen molar-refractivity contribution in [1.29, 1.82) is 5.26 Å². The number of hydrogen-bond acceptors (Lipinski definition) is 4. The first kappa shape index (κ1) is 17.5. The Morgan fingerprint density at radius 2 is 2.00 bits per heavy atom. The second-order valence-corrected chi connectivity index (χ2v) is 6.86. The Morgan fingerprint density at radius 1 is 1.16 bits per heavy atom. The largest absolute Gasteiger partial charge is 0.478 e. The van der Waals surface area contributed by atoms with E-state index in [1.165, 1.54) is 11.3 Å². The zero-order chi connectivity index (χ0) is 17.8. The molecule has 0 saturated heterocycles. The van der Waals surface area contributed by atoms with Crippen molar-refractivity contribution >= 4 is 40.8 Å². The van der Waals surface area contributed by atoms with Crippen LogP contribution in [-0.2, 0) is 6.61 Å². The van der Waals surface area contributed by atoms with Crippen molar-refractivity contribution in [3.05, 3.63) is 74.6 Å². The molecule has 0 unspecified atom stereocenters. The van der Waals surface area contributed by atoms with Gasteiger partial charge in [-0.2, -0.15) is 5.26 Å². The number of carbonyl (C=O) groups is 1. The molecule has 1 heterocycles. The van der Waals surface area contributed by atoms with Crippen molar-refractivity contribution in [3.63, 3.8) is 0 Å². The molecule has 0 bridgehead atoms. The number of benzene rings is 2. The number of ether oxygens (including phenoxy) is 1. The molecule has 6 heteroatoms. The molecule has 0 saturated carbocycles. The van der Waals surface area contributed by atoms with Crippen LogP contribution in [0.4, 0.5) is 0 Å². The summed E-state index contributed by atoms with van der Waals surface area (Å²) in [7, 11) is 0. The minimum absolute atomic E-state index is 0.275. The molecule has 2 aromatic carbocycles. The maximum Gasteiger partial charge on any atom is 0.192 e. The summed E-state index contributed by atoms with van der Waals surface area (Å²) in [6.45, 7) is 0.275. The average Bonchev–Trinajstić information content (AvgIpc) is 3.05. The van der Waals surface area contributed by atoms with Gasteiger partial charge in [0.25, 0.3) is 0 Å². The maximum atomic E-state index is 10.8. The van der Waals surface area contributed by atoms with Crippen LogP contribution in [-0.4, -0.2) is 6.29 Å². The number of nitrogens with zero attached hydrogens (tertiary/aromatic N) is 1. The summed E-state index contributed by atoms with van der Waals surface area (Å²) in [6, 6.07) is 14.6. The number of carbonyl (C=O) groups excluding carboxylic acids is 1. The smallest absolute Gasteiger partial charge is 0.192 e. The van der Waals surface area contributed by atoms with Gasteiger partial charge < -0.3 is 4.74 Å². The van der Waals surface area contributed by atoms with Gasteiger partial charge in [0.15, 0.2) is 5.06 Å². The van der Waals surface area contributed by atoms with Crippen LogP contribution in [0, 0.1) is 11.3 Å². The van der Waals surface area contributed by atoms with Crippen molar-refractivity contribution in [1.82, 2.24) is 0 Å². The zero-order valence-electron chi connectivity index (χ0n) is 12.8. The summed E-state index contributed by atoms with van der Waals surface area (Å²) >= 11 is 13.4. The maximum absolute atomic E-state index is 10.8. The third kappa shape index (κ3) is 3.85. The first-order valence-corrected chi connectivity index (χ1v) is 8.90. The Balaban J connectivity index is 1.86. The quantitative estimate of drug-likeness (QED) is 0.505. The van der Waals surface area contributed by atoms with Gasteiger partial charge >= 0.3 is 0 Å². The lowest BCUT2D eigenvalue weighted by atomic mass is 10.1. The third-order valence-corrected chi connectivity index (χ3v) is 5.19. The minimum Gasteiger partial charge on any atom is -0.478 e. The van der Waals surface area contributed by atoms with Gasteiger partial charge in [0.2, 0.25) is 0 Å². The Bertz CT molecular complexity index is 976. The predicted molar refractivity (Wildman–Crippen MR) is 101 cm³/mol. The lowest BCUT2D eigenvalue weighted by molar-refractivity contribution is 0.112. The van der Waals surface area contributed by atoms with E-state index in [9.17, 15) is 10.1 Å². The van der Waals surface area contributed by atoms with E-state index in [1.54, 1.807) is 30.3 Å². The van der Waals surface area contributed by atoms with Crippen molar-refractivity contribution in [2.75, 3.05) is 0 Å². The van der Waals surface area contributed by atoms with Crippen LogP contribution < -0.4 is 4.74 Å². The van der Waals surface area contributed by atoms with E-state index in [0.717, 1.165) is 23.0 Å². The predicted octanol–water partition coefficient (Wildman–Crippen LogP) is 5.99. The SMILES string of the molecule is N#Cc1c(-c2ccc(Cl)c(Cl)c2)csc1OCc1cccc(C=O)c1. The molecule has 0 fully saturated rings. The standard InChI is InChI=1S/C19H11Cl2NO2S/c20-17-5-4-14(7-18(17)21)16-11-25-19(15(16)8-22)24-10-13-3-1-2-12(6-13)9-23/h1-7,9,11H,10H2. The minimum atomic E-state index is 0.275. The molecule has 0 atom stereocenters. The summed E-state index contributed by atoms with van der Waals surface area (Å²) in [5, 5.41) is 12.8. The van der Waals surface area contributed by atoms with Crippen LogP contribution in [0.2, 0.25) is 10.0 Å². The van der Waals surface area contributed by atoms with Gasteiger partial charge in [0.05, 0.1) is 10.0 Å². The lowest BCUT2D eigenvalue weighted by Gasteiger charge is -2.06. The van der Waals surface area contributed by atoms with Crippen LogP contribution >= 0.6 is 34.5 Å². The molecule has 124 valence electrons. The fourth-order valence-corrected chi connectivity index (χ4v) is 3.51. The van der Waals surface area contributed by atoms with Crippen molar-refractivity contribution in [3.8, 4) is 22.3 Å². The normalized spacial score (nSPS) is 10.3. The van der Waals surface area contributed by atoms with Crippen molar-refractivity contribution < 1.29 is 9.53 Å². The summed E-state index contributed by atoms with van der Waals surface area (Å²) in [4.78, 5) is 10.8. The Hall–Kier alpha value is -2.32. The van der Waals surface area contributed by atoms with Gasteiger partial charge in [-0.05, 0) is 29.3 Å². The molecular weight excluding hydrogens is 377 g/mol. The Morgan fingerprint density at radius 3 is 2.72 bits per heavy atom. The van der Waals surface area contributed by atoms with Gasteiger partial charge in [0, 0.05) is 16.5 Å². The molecule has 0 aliphatic heterocycles. The van der Waals surface area contributed by atoms with Gasteiger partial charge in [-0.1, -0.05) is 47.5 Å². The highest BCUT2D eigenvalue weighted by Gasteiger charge is 2.15. The molecule has 0 aliphatic rings. The second-order valence-electron chi connectivity index (χ2n) is 5.20. The fourth-order valence-electron chi connectivity index (χ4n) is 2.33. The van der Waals surface area contributed by atoms with E-state index in [4.69, 9.17) is 27.9 Å². The first-order chi connectivity index (χ1) is 12.1. The topological polar surface area (TPSA) is 50.1 Å². The molecule has 0 spiro atoms. The van der Waals surface area contributed by atoms with Crippen molar-refractivity contribution in [2.24, 2.45) is 0 Å². The van der Waals surface area contributed by atoms with Crippen molar-refractivity contribution in [2.45, 2.75) is 6.61 Å². The van der Waals surface area contributed by atoms with Gasteiger partial charge in [-0.3, -0.25) is 4.79 Å². The monoisotopic (exact) mass is 387 g/mol. The number of thiophene rings is 1. The van der Waals surface area contributed by atoms with E-state index < -0.39 is 0 Å². The second kappa shape index (κ2) is 7.71. The van der Waals surface area contributed by atoms with Gasteiger partial charge in [-0.15, -0.1) is 11.3 Å². The van der Waals surface area contributed by atoms with Crippen LogP contribution in [0.5, 0.6) is 5.06 Å². The fraction of sp³-hybridized carbons (Fsp3) is 0.0526. The highest BCUT2D eigenvalue weighted by atomic mass is 35.5. The van der Waals surface area contributed by atoms with Crippen LogP contribution in [0.25, 0.3) is 11.1 Å². The van der Waals surface area contributed by atoms with Gasteiger partial charge in [-0.25, -0.2) is 0 Å². The molecule has 3 rings (SSSR count). The van der Waals surface area contributed by atoms with E-state index >= 15 is 0 Å². The van der Waals surface area contributed by atoms with E-state index in [0.29, 0.717) is 26.2 Å². The summed E-state index contributed by atoms with van der Waals surface area (Å²) in [6.07, 6.45) is 0.789. The number of halogens is 2. The molecule has 0 N–H and O–H groups in total. The molecule has 3 nitrogen and oxygen atoms in total. The number of aldehydes is 1. The number of hydrogen-bond donors (Lipinski definition) is 0. The molecule has 0 radical (unpaired) electrons. The highest BCUT2D eigenvalue weighted by molar-refractivity contribution is 7.12. The van der Waals surface area contributed by atoms with Gasteiger partial charge in [0.1, 0.15) is 24.5 Å². The highest BCUT2D eigenvalue weighted by Crippen LogP contribution is 2.38. The molecule has 3 aromatic rings. The summed E-state index contributed by atoms with van der Waals surface area (Å²) < 4.78 is 5.79. The third-order valence-electron chi connectivity index (χ3n) is 3.56. The van der Waals surface area contributed by atoms with E-state index in [-0.39, 0.29) is 6.61 Å². The molecule has 1 aromatic heterocycles. The van der Waals surface area contributed by atoms with E-state index in [2.05, 4.69) is 6.07 Å². The van der Waals surface area contributed by atoms with Crippen LogP contribution in [0.3, 0.4) is 0 Å². The molecular formula is C19H11Cl2NO2S. The Labute approximate surface area is 159 Å². The molecule has 25 heavy (non-hydrogen) atoms. The molecule has 0 amide bonds. The first-order valence-electron chi connectivity index (χ1n) is 7.26.